The molecular weight excluding hydrogens is 331 g/mol. The molecule has 3 aromatic rings. The van der Waals surface area contributed by atoms with Crippen LogP contribution in [-0.4, -0.2) is 11.1 Å². The second-order valence-electron chi connectivity index (χ2n) is 4.53. The lowest BCUT2D eigenvalue weighted by atomic mass is 10.2. The summed E-state index contributed by atoms with van der Waals surface area (Å²) in [5.74, 6) is 0.0607. The Morgan fingerprint density at radius 3 is 2.68 bits per heavy atom. The predicted octanol–water partition coefficient (Wildman–Crippen LogP) is 3.65. The second-order valence-corrected chi connectivity index (χ2v) is 5.37. The van der Waals surface area contributed by atoms with Crippen molar-refractivity contribution >= 4 is 45.9 Å². The molecule has 3 rings (SSSR count). The predicted molar refractivity (Wildman–Crippen MR) is 81.7 cm³/mol. The molecule has 0 unspecified atom stereocenters. The number of anilines is 1. The fourth-order valence-corrected chi connectivity index (χ4v) is 2.47. The number of aryl methyl sites for hydroxylation is 1. The SMILES string of the molecule is Cc1cc(NC(=O)c2cc3cc(Cl)cc(Cl)c3oc2=O)no1. The van der Waals surface area contributed by atoms with Crippen LogP contribution < -0.4 is 10.9 Å². The van der Waals surface area contributed by atoms with Crippen LogP contribution in [0.5, 0.6) is 0 Å². The number of carbonyl (C=O) groups is 1. The van der Waals surface area contributed by atoms with Crippen molar-refractivity contribution < 1.29 is 13.7 Å². The van der Waals surface area contributed by atoms with Gasteiger partial charge in [0.05, 0.1) is 5.02 Å². The van der Waals surface area contributed by atoms with E-state index in [1.165, 1.54) is 18.2 Å². The van der Waals surface area contributed by atoms with E-state index in [4.69, 9.17) is 32.1 Å². The molecule has 2 heterocycles. The number of aromatic nitrogens is 1. The molecule has 0 aliphatic rings. The Labute approximate surface area is 133 Å². The number of rotatable bonds is 2. The van der Waals surface area contributed by atoms with E-state index >= 15 is 0 Å². The molecule has 0 aliphatic heterocycles. The van der Waals surface area contributed by atoms with Crippen molar-refractivity contribution in [3.8, 4) is 0 Å². The fraction of sp³-hybridized carbons (Fsp3) is 0.0714. The Hall–Kier alpha value is -2.31. The third-order valence-electron chi connectivity index (χ3n) is 2.87. The molecule has 0 radical (unpaired) electrons. The van der Waals surface area contributed by atoms with Gasteiger partial charge in [-0.25, -0.2) is 4.79 Å². The zero-order valence-electron chi connectivity index (χ0n) is 11.1. The molecule has 2 aromatic heterocycles. The number of amides is 1. The minimum atomic E-state index is -0.811. The van der Waals surface area contributed by atoms with Crippen LogP contribution in [0, 0.1) is 6.92 Å². The van der Waals surface area contributed by atoms with Gasteiger partial charge in [0, 0.05) is 16.5 Å². The summed E-state index contributed by atoms with van der Waals surface area (Å²) < 4.78 is 9.92. The average Bonchev–Trinajstić information content (AvgIpc) is 2.84. The highest BCUT2D eigenvalue weighted by molar-refractivity contribution is 6.38. The summed E-state index contributed by atoms with van der Waals surface area (Å²) in [5.41, 5.74) is -0.828. The monoisotopic (exact) mass is 338 g/mol. The summed E-state index contributed by atoms with van der Waals surface area (Å²) in [6, 6.07) is 5.88. The molecule has 0 bridgehead atoms. The minimum Gasteiger partial charge on any atom is -0.421 e. The van der Waals surface area contributed by atoms with Crippen molar-refractivity contribution in [2.45, 2.75) is 6.92 Å². The van der Waals surface area contributed by atoms with E-state index in [1.54, 1.807) is 13.0 Å². The summed E-state index contributed by atoms with van der Waals surface area (Å²) in [4.78, 5) is 24.1. The van der Waals surface area contributed by atoms with Crippen LogP contribution in [0.4, 0.5) is 5.82 Å². The van der Waals surface area contributed by atoms with E-state index in [0.717, 1.165) is 0 Å². The molecule has 8 heteroatoms. The molecule has 0 spiro atoms. The number of carbonyl (C=O) groups excluding carboxylic acids is 1. The molecule has 0 fully saturated rings. The Bertz CT molecular complexity index is 946. The molecule has 1 amide bonds. The molecule has 0 atom stereocenters. The van der Waals surface area contributed by atoms with E-state index in [1.807, 2.05) is 0 Å². The van der Waals surface area contributed by atoms with Gasteiger partial charge in [0.2, 0.25) is 0 Å². The quantitative estimate of drug-likeness (QED) is 0.721. The first-order chi connectivity index (χ1) is 10.4. The number of nitrogens with one attached hydrogen (secondary N) is 1. The van der Waals surface area contributed by atoms with Gasteiger partial charge >= 0.3 is 5.63 Å². The standard InChI is InChI=1S/C14H8Cl2N2O4/c1-6-2-11(18-22-6)17-13(19)9-4-7-3-8(15)5-10(16)12(7)21-14(9)20/h2-5H,1H3,(H,17,18,19). The molecule has 0 saturated carbocycles. The van der Waals surface area contributed by atoms with Gasteiger partial charge in [-0.05, 0) is 25.1 Å². The van der Waals surface area contributed by atoms with Gasteiger partial charge in [0.15, 0.2) is 11.4 Å². The summed E-state index contributed by atoms with van der Waals surface area (Å²) >= 11 is 11.9. The third-order valence-corrected chi connectivity index (χ3v) is 3.36. The molecular formula is C14H8Cl2N2O4. The molecule has 0 saturated heterocycles. The summed E-state index contributed by atoms with van der Waals surface area (Å²) in [5, 5.41) is 7.07. The van der Waals surface area contributed by atoms with Crippen LogP contribution in [0.15, 0.2) is 38.0 Å². The Balaban J connectivity index is 2.05. The van der Waals surface area contributed by atoms with E-state index in [-0.39, 0.29) is 22.0 Å². The Kier molecular flexibility index (Phi) is 3.64. The van der Waals surface area contributed by atoms with E-state index in [0.29, 0.717) is 16.2 Å². The van der Waals surface area contributed by atoms with Gasteiger partial charge in [-0.15, -0.1) is 0 Å². The molecule has 112 valence electrons. The summed E-state index contributed by atoms with van der Waals surface area (Å²) in [7, 11) is 0. The number of halogens is 2. The maximum atomic E-state index is 12.1. The Morgan fingerprint density at radius 1 is 1.23 bits per heavy atom. The number of benzene rings is 1. The maximum absolute atomic E-state index is 12.1. The average molecular weight is 339 g/mol. The van der Waals surface area contributed by atoms with Gasteiger partial charge in [0.25, 0.3) is 5.91 Å². The molecule has 1 N–H and O–H groups in total. The first-order valence-electron chi connectivity index (χ1n) is 6.11. The summed E-state index contributed by atoms with van der Waals surface area (Å²) in [6.45, 7) is 1.68. The zero-order chi connectivity index (χ0) is 15.9. The van der Waals surface area contributed by atoms with Gasteiger partial charge in [-0.2, -0.15) is 0 Å². The molecule has 1 aromatic carbocycles. The highest BCUT2D eigenvalue weighted by atomic mass is 35.5. The first kappa shape index (κ1) is 14.6. The van der Waals surface area contributed by atoms with Crippen LogP contribution in [0.2, 0.25) is 10.0 Å². The summed E-state index contributed by atoms with van der Waals surface area (Å²) in [6.07, 6.45) is 0. The van der Waals surface area contributed by atoms with Gasteiger partial charge in [-0.3, -0.25) is 4.79 Å². The number of hydrogen-bond donors (Lipinski definition) is 1. The van der Waals surface area contributed by atoms with Crippen LogP contribution in [0.25, 0.3) is 11.0 Å². The van der Waals surface area contributed by atoms with Gasteiger partial charge in [-0.1, -0.05) is 28.4 Å². The highest BCUT2D eigenvalue weighted by Crippen LogP contribution is 2.27. The number of nitrogens with zero attached hydrogens (tertiary/aromatic N) is 1. The van der Waals surface area contributed by atoms with Crippen molar-refractivity contribution in [1.29, 1.82) is 0 Å². The second kappa shape index (κ2) is 5.47. The highest BCUT2D eigenvalue weighted by Gasteiger charge is 2.17. The zero-order valence-corrected chi connectivity index (χ0v) is 12.7. The fourth-order valence-electron chi connectivity index (χ4n) is 1.92. The van der Waals surface area contributed by atoms with Crippen LogP contribution in [0.1, 0.15) is 16.1 Å². The van der Waals surface area contributed by atoms with Crippen molar-refractivity contribution in [3.05, 3.63) is 56.1 Å². The third kappa shape index (κ3) is 2.70. The van der Waals surface area contributed by atoms with Crippen LogP contribution in [0.3, 0.4) is 0 Å². The van der Waals surface area contributed by atoms with E-state index in [9.17, 15) is 9.59 Å². The largest absolute Gasteiger partial charge is 0.421 e. The van der Waals surface area contributed by atoms with Crippen LogP contribution >= 0.6 is 23.2 Å². The first-order valence-corrected chi connectivity index (χ1v) is 6.87. The lowest BCUT2D eigenvalue weighted by Crippen LogP contribution is -2.20. The van der Waals surface area contributed by atoms with E-state index in [2.05, 4.69) is 10.5 Å². The van der Waals surface area contributed by atoms with E-state index < -0.39 is 11.5 Å². The normalized spacial score (nSPS) is 10.9. The van der Waals surface area contributed by atoms with Crippen molar-refractivity contribution in [2.75, 3.05) is 5.32 Å². The molecule has 6 nitrogen and oxygen atoms in total. The molecule has 22 heavy (non-hydrogen) atoms. The van der Waals surface area contributed by atoms with Gasteiger partial charge in [0.1, 0.15) is 11.3 Å². The van der Waals surface area contributed by atoms with Gasteiger partial charge < -0.3 is 14.3 Å². The smallest absolute Gasteiger partial charge is 0.349 e. The number of fused-ring (bicyclic) bond motifs is 1. The van der Waals surface area contributed by atoms with Crippen molar-refractivity contribution in [1.82, 2.24) is 5.16 Å². The molecule has 0 aliphatic carbocycles. The van der Waals surface area contributed by atoms with Crippen LogP contribution in [-0.2, 0) is 0 Å². The number of hydrogen-bond acceptors (Lipinski definition) is 5. The minimum absolute atomic E-state index is 0.171. The Morgan fingerprint density at radius 2 is 2.00 bits per heavy atom. The lowest BCUT2D eigenvalue weighted by molar-refractivity contribution is 0.102. The van der Waals surface area contributed by atoms with Crippen molar-refractivity contribution in [3.63, 3.8) is 0 Å². The maximum Gasteiger partial charge on any atom is 0.349 e. The van der Waals surface area contributed by atoms with Crippen molar-refractivity contribution in [2.24, 2.45) is 0 Å². The lowest BCUT2D eigenvalue weighted by Gasteiger charge is -2.04. The topological polar surface area (TPSA) is 85.3 Å².